The van der Waals surface area contributed by atoms with Crippen molar-refractivity contribution in [1.82, 2.24) is 30.1 Å². The summed E-state index contributed by atoms with van der Waals surface area (Å²) in [5.41, 5.74) is 3.76. The Labute approximate surface area is 180 Å². The minimum absolute atomic E-state index is 0.0404. The number of nitrogens with one attached hydrogen (secondary N) is 1. The van der Waals surface area contributed by atoms with Crippen LogP contribution >= 0.6 is 0 Å². The van der Waals surface area contributed by atoms with Crippen LogP contribution in [0.3, 0.4) is 0 Å². The molecular formula is C22H26N6O3. The van der Waals surface area contributed by atoms with Crippen LogP contribution in [0, 0.1) is 0 Å². The third-order valence-electron chi connectivity index (χ3n) is 6.09. The number of piperazine rings is 1. The number of aryl methyl sites for hydroxylation is 1. The van der Waals surface area contributed by atoms with Crippen molar-refractivity contribution < 1.29 is 14.1 Å². The summed E-state index contributed by atoms with van der Waals surface area (Å²) in [5, 5.41) is 11.5. The van der Waals surface area contributed by atoms with Gasteiger partial charge in [-0.2, -0.15) is 10.1 Å². The summed E-state index contributed by atoms with van der Waals surface area (Å²) in [6.45, 7) is 3.43. The molecule has 9 nitrogen and oxygen atoms in total. The number of fused-ring (bicyclic) bond motifs is 1. The number of rotatable bonds is 5. The predicted molar refractivity (Wildman–Crippen MR) is 113 cm³/mol. The molecule has 1 N–H and O–H groups in total. The first-order chi connectivity index (χ1) is 15.2. The second kappa shape index (κ2) is 8.50. The molecule has 0 unspecified atom stereocenters. The Hall–Kier alpha value is -3.20. The van der Waals surface area contributed by atoms with Gasteiger partial charge in [-0.1, -0.05) is 5.16 Å². The number of aromatic nitrogens is 4. The fourth-order valence-electron chi connectivity index (χ4n) is 4.28. The first kappa shape index (κ1) is 19.7. The molecule has 1 saturated heterocycles. The van der Waals surface area contributed by atoms with Crippen LogP contribution in [0.1, 0.15) is 40.5 Å². The van der Waals surface area contributed by atoms with E-state index in [4.69, 9.17) is 9.26 Å². The zero-order valence-electron chi connectivity index (χ0n) is 17.6. The molecule has 1 fully saturated rings. The zero-order valence-corrected chi connectivity index (χ0v) is 17.6. The average molecular weight is 422 g/mol. The number of H-pyrrole nitrogens is 1. The van der Waals surface area contributed by atoms with E-state index in [2.05, 4.69) is 25.2 Å². The predicted octanol–water partition coefficient (Wildman–Crippen LogP) is 2.31. The summed E-state index contributed by atoms with van der Waals surface area (Å²) in [5.74, 6) is 1.97. The summed E-state index contributed by atoms with van der Waals surface area (Å²) in [7, 11) is 1.64. The Morgan fingerprint density at radius 3 is 2.68 bits per heavy atom. The van der Waals surface area contributed by atoms with Gasteiger partial charge in [0.05, 0.1) is 13.7 Å². The van der Waals surface area contributed by atoms with Gasteiger partial charge in [0, 0.05) is 43.0 Å². The van der Waals surface area contributed by atoms with E-state index in [1.165, 1.54) is 0 Å². The highest BCUT2D eigenvalue weighted by atomic mass is 16.5. The molecule has 162 valence electrons. The molecule has 0 radical (unpaired) electrons. The standard InChI is InChI=1S/C22H26N6O3/c1-30-16-8-6-15(7-9-16)21-23-19(31-26-21)14-27-10-12-28(13-11-27)22(29)20-17-4-2-3-5-18(17)24-25-20/h6-9H,2-5,10-14H2,1H3,(H,24,25). The fraction of sp³-hybridized carbons (Fsp3) is 0.455. The van der Waals surface area contributed by atoms with E-state index in [1.807, 2.05) is 29.2 Å². The van der Waals surface area contributed by atoms with Crippen LogP contribution in [-0.4, -0.2) is 69.3 Å². The molecule has 0 atom stereocenters. The Kier molecular flexibility index (Phi) is 5.42. The van der Waals surface area contributed by atoms with Gasteiger partial charge >= 0.3 is 0 Å². The lowest BCUT2D eigenvalue weighted by Gasteiger charge is -2.33. The first-order valence-electron chi connectivity index (χ1n) is 10.8. The van der Waals surface area contributed by atoms with Gasteiger partial charge < -0.3 is 14.2 Å². The smallest absolute Gasteiger partial charge is 0.274 e. The largest absolute Gasteiger partial charge is 0.497 e. The van der Waals surface area contributed by atoms with Crippen molar-refractivity contribution in [1.29, 1.82) is 0 Å². The van der Waals surface area contributed by atoms with Crippen LogP contribution in [0.5, 0.6) is 5.75 Å². The lowest BCUT2D eigenvalue weighted by atomic mass is 9.95. The molecule has 31 heavy (non-hydrogen) atoms. The van der Waals surface area contributed by atoms with E-state index < -0.39 is 0 Å². The number of hydrogen-bond donors (Lipinski definition) is 1. The zero-order chi connectivity index (χ0) is 21.2. The van der Waals surface area contributed by atoms with Crippen molar-refractivity contribution >= 4 is 5.91 Å². The van der Waals surface area contributed by atoms with Gasteiger partial charge in [-0.15, -0.1) is 0 Å². The van der Waals surface area contributed by atoms with E-state index >= 15 is 0 Å². The Bertz CT molecular complexity index is 1050. The molecule has 1 amide bonds. The molecule has 0 spiro atoms. The Morgan fingerprint density at radius 2 is 1.90 bits per heavy atom. The summed E-state index contributed by atoms with van der Waals surface area (Å²) in [6, 6.07) is 7.56. The van der Waals surface area contributed by atoms with E-state index in [9.17, 15) is 4.79 Å². The molecular weight excluding hydrogens is 396 g/mol. The summed E-state index contributed by atoms with van der Waals surface area (Å²) in [6.07, 6.45) is 4.23. The van der Waals surface area contributed by atoms with Crippen molar-refractivity contribution in [3.8, 4) is 17.1 Å². The lowest BCUT2D eigenvalue weighted by molar-refractivity contribution is 0.0608. The summed E-state index contributed by atoms with van der Waals surface area (Å²) in [4.78, 5) is 21.6. The van der Waals surface area contributed by atoms with Gasteiger partial charge in [0.2, 0.25) is 11.7 Å². The van der Waals surface area contributed by atoms with Gasteiger partial charge in [0.15, 0.2) is 5.69 Å². The van der Waals surface area contributed by atoms with Crippen molar-refractivity contribution in [2.45, 2.75) is 32.2 Å². The molecule has 1 aliphatic heterocycles. The first-order valence-corrected chi connectivity index (χ1v) is 10.8. The van der Waals surface area contributed by atoms with Gasteiger partial charge in [-0.25, -0.2) is 0 Å². The molecule has 0 saturated carbocycles. The van der Waals surface area contributed by atoms with Crippen LogP contribution in [0.2, 0.25) is 0 Å². The van der Waals surface area contributed by atoms with Crippen LogP contribution in [-0.2, 0) is 19.4 Å². The highest BCUT2D eigenvalue weighted by Crippen LogP contribution is 2.24. The second-order valence-corrected chi connectivity index (χ2v) is 8.05. The molecule has 0 bridgehead atoms. The summed E-state index contributed by atoms with van der Waals surface area (Å²) >= 11 is 0. The topological polar surface area (TPSA) is 100 Å². The number of benzene rings is 1. The maximum Gasteiger partial charge on any atom is 0.274 e. The number of methoxy groups -OCH3 is 1. The number of nitrogens with zero attached hydrogens (tertiary/aromatic N) is 5. The van der Waals surface area contributed by atoms with Crippen LogP contribution in [0.4, 0.5) is 0 Å². The van der Waals surface area contributed by atoms with Gasteiger partial charge in [-0.3, -0.25) is 14.8 Å². The van der Waals surface area contributed by atoms with Crippen molar-refractivity contribution in [2.24, 2.45) is 0 Å². The van der Waals surface area contributed by atoms with E-state index in [1.54, 1.807) is 7.11 Å². The van der Waals surface area contributed by atoms with Crippen LogP contribution in [0.15, 0.2) is 28.8 Å². The molecule has 5 rings (SSSR count). The average Bonchev–Trinajstić information content (AvgIpc) is 3.46. The molecule has 3 heterocycles. The maximum absolute atomic E-state index is 13.0. The fourth-order valence-corrected chi connectivity index (χ4v) is 4.28. The summed E-state index contributed by atoms with van der Waals surface area (Å²) < 4.78 is 10.6. The Balaban J connectivity index is 1.17. The maximum atomic E-state index is 13.0. The Morgan fingerprint density at radius 1 is 1.13 bits per heavy atom. The molecule has 3 aromatic rings. The van der Waals surface area contributed by atoms with E-state index in [-0.39, 0.29) is 5.91 Å². The number of aromatic amines is 1. The number of carbonyl (C=O) groups is 1. The number of hydrogen-bond acceptors (Lipinski definition) is 7. The molecule has 2 aromatic heterocycles. The number of carbonyl (C=O) groups excluding carboxylic acids is 1. The molecule has 9 heteroatoms. The van der Waals surface area contributed by atoms with Gasteiger partial charge in [0.1, 0.15) is 5.75 Å². The molecule has 2 aliphatic rings. The highest BCUT2D eigenvalue weighted by molar-refractivity contribution is 5.94. The van der Waals surface area contributed by atoms with E-state index in [0.717, 1.165) is 61.3 Å². The van der Waals surface area contributed by atoms with Crippen molar-refractivity contribution in [2.75, 3.05) is 33.3 Å². The second-order valence-electron chi connectivity index (χ2n) is 8.05. The van der Waals surface area contributed by atoms with Crippen LogP contribution in [0.25, 0.3) is 11.4 Å². The number of ether oxygens (including phenoxy) is 1. The van der Waals surface area contributed by atoms with Gasteiger partial charge in [0.25, 0.3) is 5.91 Å². The molecule has 1 aromatic carbocycles. The molecule has 1 aliphatic carbocycles. The minimum atomic E-state index is 0.0404. The van der Waals surface area contributed by atoms with Crippen molar-refractivity contribution in [3.63, 3.8) is 0 Å². The highest BCUT2D eigenvalue weighted by Gasteiger charge is 2.28. The normalized spacial score (nSPS) is 16.9. The third-order valence-corrected chi connectivity index (χ3v) is 6.09. The monoisotopic (exact) mass is 422 g/mol. The van der Waals surface area contributed by atoms with Gasteiger partial charge in [-0.05, 0) is 49.9 Å². The quantitative estimate of drug-likeness (QED) is 0.673. The van der Waals surface area contributed by atoms with Crippen LogP contribution < -0.4 is 4.74 Å². The number of amides is 1. The lowest BCUT2D eigenvalue weighted by Crippen LogP contribution is -2.48. The van der Waals surface area contributed by atoms with E-state index in [0.29, 0.717) is 37.0 Å². The van der Waals surface area contributed by atoms with Crippen molar-refractivity contribution in [3.05, 3.63) is 47.1 Å². The minimum Gasteiger partial charge on any atom is -0.497 e. The SMILES string of the molecule is COc1ccc(-c2noc(CN3CCN(C(=O)c4n[nH]c5c4CCCC5)CC3)n2)cc1. The third kappa shape index (κ3) is 4.05.